The number of carboxylic acid groups (broad SMARTS) is 1. The topological polar surface area (TPSA) is 64.0 Å². The lowest BCUT2D eigenvalue weighted by atomic mass is 10.1. The lowest BCUT2D eigenvalue weighted by Gasteiger charge is -2.32. The van der Waals surface area contributed by atoms with Gasteiger partial charge in [0.05, 0.1) is 12.1 Å². The van der Waals surface area contributed by atoms with Gasteiger partial charge in [-0.15, -0.1) is 0 Å². The van der Waals surface area contributed by atoms with Crippen LogP contribution in [-0.4, -0.2) is 45.0 Å². The summed E-state index contributed by atoms with van der Waals surface area (Å²) < 4.78 is 0. The van der Waals surface area contributed by atoms with Gasteiger partial charge in [0.2, 0.25) is 0 Å². The zero-order chi connectivity index (χ0) is 13.8. The Hall–Kier alpha value is -1.59. The Kier molecular flexibility index (Phi) is 4.39. The highest BCUT2D eigenvalue weighted by atomic mass is 16.5. The van der Waals surface area contributed by atoms with Gasteiger partial charge in [0.15, 0.2) is 0 Å². The summed E-state index contributed by atoms with van der Waals surface area (Å²) in [4.78, 5) is 12.6. The third kappa shape index (κ3) is 3.24. The van der Waals surface area contributed by atoms with Crippen LogP contribution >= 0.6 is 0 Å². The molecule has 2 atom stereocenters. The maximum atomic E-state index is 11.1. The first kappa shape index (κ1) is 13.8. The molecule has 5 heteroatoms. The van der Waals surface area contributed by atoms with Crippen LogP contribution in [0.4, 0.5) is 4.79 Å². The normalized spacial score (nSPS) is 20.8. The fourth-order valence-electron chi connectivity index (χ4n) is 2.64. The van der Waals surface area contributed by atoms with E-state index >= 15 is 0 Å². The second-order valence-electron chi connectivity index (χ2n) is 5.01. The van der Waals surface area contributed by atoms with Gasteiger partial charge in [-0.2, -0.15) is 5.06 Å². The van der Waals surface area contributed by atoms with E-state index in [2.05, 4.69) is 0 Å². The molecule has 1 aliphatic heterocycles. The predicted molar refractivity (Wildman–Crippen MR) is 71.0 cm³/mol. The van der Waals surface area contributed by atoms with Crippen LogP contribution in [0.15, 0.2) is 30.3 Å². The molecule has 1 amide bonds. The fraction of sp³-hybridized carbons (Fsp3) is 0.500. The quantitative estimate of drug-likeness (QED) is 0.820. The van der Waals surface area contributed by atoms with Crippen LogP contribution in [0.5, 0.6) is 0 Å². The van der Waals surface area contributed by atoms with Gasteiger partial charge < -0.3 is 15.2 Å². The Morgan fingerprint density at radius 1 is 1.47 bits per heavy atom. The standard InChI is InChI=1S/C14H20N2O3/c1-11(13-8-5-9-15(13)14(17)18)16(19)10-12-6-3-2-4-7-12/h2-4,6-7,11,13,19H,5,8-10H2,1H3,(H,17,18)/t11-,13?/m0/s1. The van der Waals surface area contributed by atoms with Gasteiger partial charge in [0.25, 0.3) is 0 Å². The number of hydrogen-bond acceptors (Lipinski definition) is 3. The second-order valence-corrected chi connectivity index (χ2v) is 5.01. The van der Waals surface area contributed by atoms with Crippen LogP contribution in [0.2, 0.25) is 0 Å². The highest BCUT2D eigenvalue weighted by Gasteiger charge is 2.35. The molecular weight excluding hydrogens is 244 g/mol. The lowest BCUT2D eigenvalue weighted by molar-refractivity contribution is -0.143. The summed E-state index contributed by atoms with van der Waals surface area (Å²) in [7, 11) is 0. The van der Waals surface area contributed by atoms with Crippen LogP contribution in [0.25, 0.3) is 0 Å². The molecule has 0 spiro atoms. The van der Waals surface area contributed by atoms with Crippen molar-refractivity contribution in [2.45, 2.75) is 38.4 Å². The average molecular weight is 264 g/mol. The van der Waals surface area contributed by atoms with E-state index < -0.39 is 6.09 Å². The highest BCUT2D eigenvalue weighted by molar-refractivity contribution is 5.65. The van der Waals surface area contributed by atoms with Crippen molar-refractivity contribution in [3.63, 3.8) is 0 Å². The summed E-state index contributed by atoms with van der Waals surface area (Å²) >= 11 is 0. The van der Waals surface area contributed by atoms with Crippen LogP contribution in [0, 0.1) is 0 Å². The first-order chi connectivity index (χ1) is 9.09. The zero-order valence-electron chi connectivity index (χ0n) is 11.1. The SMILES string of the molecule is C[C@@H](C1CCCN1C(=O)O)N(O)Cc1ccccc1. The monoisotopic (exact) mass is 264 g/mol. The molecule has 104 valence electrons. The number of likely N-dealkylation sites (tertiary alicyclic amines) is 1. The smallest absolute Gasteiger partial charge is 0.407 e. The molecule has 0 aliphatic carbocycles. The molecule has 1 aliphatic rings. The average Bonchev–Trinajstić information content (AvgIpc) is 2.88. The number of rotatable bonds is 4. The van der Waals surface area contributed by atoms with Gasteiger partial charge >= 0.3 is 6.09 Å². The Morgan fingerprint density at radius 2 is 2.16 bits per heavy atom. The molecule has 2 rings (SSSR count). The van der Waals surface area contributed by atoms with Crippen molar-refractivity contribution in [2.24, 2.45) is 0 Å². The molecule has 19 heavy (non-hydrogen) atoms. The van der Waals surface area contributed by atoms with Crippen molar-refractivity contribution < 1.29 is 15.1 Å². The third-order valence-corrected chi connectivity index (χ3v) is 3.76. The summed E-state index contributed by atoms with van der Waals surface area (Å²) in [6.45, 7) is 2.84. The lowest BCUT2D eigenvalue weighted by Crippen LogP contribution is -2.47. The van der Waals surface area contributed by atoms with E-state index in [1.54, 1.807) is 0 Å². The van der Waals surface area contributed by atoms with E-state index in [1.165, 1.54) is 9.96 Å². The Morgan fingerprint density at radius 3 is 2.79 bits per heavy atom. The molecule has 2 N–H and O–H groups in total. The number of carbonyl (C=O) groups is 1. The minimum absolute atomic E-state index is 0.133. The van der Waals surface area contributed by atoms with Crippen molar-refractivity contribution in [1.29, 1.82) is 0 Å². The summed E-state index contributed by atoms with van der Waals surface area (Å²) in [6, 6.07) is 9.32. The van der Waals surface area contributed by atoms with Crippen molar-refractivity contribution in [2.75, 3.05) is 6.54 Å². The molecule has 1 aromatic carbocycles. The summed E-state index contributed by atoms with van der Waals surface area (Å²) in [6.07, 6.45) is 0.766. The summed E-state index contributed by atoms with van der Waals surface area (Å²) in [5, 5.41) is 20.5. The zero-order valence-corrected chi connectivity index (χ0v) is 11.1. The van der Waals surface area contributed by atoms with Crippen LogP contribution < -0.4 is 0 Å². The molecule has 1 fully saturated rings. The number of amides is 1. The first-order valence-corrected chi connectivity index (χ1v) is 6.58. The minimum Gasteiger partial charge on any atom is -0.465 e. The van der Waals surface area contributed by atoms with E-state index in [4.69, 9.17) is 5.11 Å². The Balaban J connectivity index is 1.98. The van der Waals surface area contributed by atoms with Crippen molar-refractivity contribution in [1.82, 2.24) is 9.96 Å². The second kappa shape index (κ2) is 6.04. The summed E-state index contributed by atoms with van der Waals surface area (Å²) in [5.74, 6) is 0. The first-order valence-electron chi connectivity index (χ1n) is 6.58. The molecule has 1 saturated heterocycles. The maximum absolute atomic E-state index is 11.1. The number of hydroxylamine groups is 2. The van der Waals surface area contributed by atoms with Gasteiger partial charge in [0.1, 0.15) is 0 Å². The Labute approximate surface area is 113 Å². The number of nitrogens with zero attached hydrogens (tertiary/aromatic N) is 2. The fourth-order valence-corrected chi connectivity index (χ4v) is 2.64. The van der Waals surface area contributed by atoms with Gasteiger partial charge in [-0.3, -0.25) is 0 Å². The molecule has 0 bridgehead atoms. The largest absolute Gasteiger partial charge is 0.465 e. The molecule has 0 aromatic heterocycles. The molecule has 1 unspecified atom stereocenters. The van der Waals surface area contributed by atoms with Crippen LogP contribution in [0.3, 0.4) is 0 Å². The van der Waals surface area contributed by atoms with Crippen molar-refractivity contribution >= 4 is 6.09 Å². The van der Waals surface area contributed by atoms with E-state index in [9.17, 15) is 10.0 Å². The molecule has 5 nitrogen and oxygen atoms in total. The van der Waals surface area contributed by atoms with Gasteiger partial charge in [-0.25, -0.2) is 4.79 Å². The summed E-state index contributed by atoms with van der Waals surface area (Å²) in [5.41, 5.74) is 1.01. The van der Waals surface area contributed by atoms with E-state index in [1.807, 2.05) is 37.3 Å². The third-order valence-electron chi connectivity index (χ3n) is 3.76. The van der Waals surface area contributed by atoms with Gasteiger partial charge in [-0.05, 0) is 25.3 Å². The molecule has 1 heterocycles. The van der Waals surface area contributed by atoms with Gasteiger partial charge in [0, 0.05) is 13.1 Å². The van der Waals surface area contributed by atoms with Crippen molar-refractivity contribution in [3.05, 3.63) is 35.9 Å². The molecule has 0 saturated carbocycles. The molecule has 0 radical (unpaired) electrons. The van der Waals surface area contributed by atoms with Crippen LogP contribution in [-0.2, 0) is 6.54 Å². The van der Waals surface area contributed by atoms with E-state index in [0.29, 0.717) is 13.1 Å². The molecular formula is C14H20N2O3. The van der Waals surface area contributed by atoms with Crippen molar-refractivity contribution in [3.8, 4) is 0 Å². The number of benzene rings is 1. The minimum atomic E-state index is -0.900. The highest BCUT2D eigenvalue weighted by Crippen LogP contribution is 2.23. The number of hydrogen-bond donors (Lipinski definition) is 2. The predicted octanol–water partition coefficient (Wildman–Crippen LogP) is 2.41. The van der Waals surface area contributed by atoms with E-state index in [-0.39, 0.29) is 12.1 Å². The Bertz CT molecular complexity index is 424. The van der Waals surface area contributed by atoms with Crippen LogP contribution in [0.1, 0.15) is 25.3 Å². The maximum Gasteiger partial charge on any atom is 0.407 e. The molecule has 1 aromatic rings. The van der Waals surface area contributed by atoms with Gasteiger partial charge in [-0.1, -0.05) is 30.3 Å². The van der Waals surface area contributed by atoms with E-state index in [0.717, 1.165) is 18.4 Å².